The van der Waals surface area contributed by atoms with Gasteiger partial charge in [-0.2, -0.15) is 9.41 Å². The number of amides is 1. The topological polar surface area (TPSA) is 92.0 Å². The fourth-order valence-electron chi connectivity index (χ4n) is 2.89. The van der Waals surface area contributed by atoms with Gasteiger partial charge in [-0.05, 0) is 44.0 Å². The van der Waals surface area contributed by atoms with Gasteiger partial charge < -0.3 is 4.42 Å². The van der Waals surface area contributed by atoms with Crippen LogP contribution in [-0.2, 0) is 14.8 Å². The Kier molecular flexibility index (Phi) is 5.53. The van der Waals surface area contributed by atoms with Crippen molar-refractivity contribution in [3.05, 3.63) is 54.0 Å². The number of benzene rings is 1. The standard InChI is InChI=1S/C18H21N3O4S/c1-14-9-10-16(25-14)12-19-20-18(22)15-6-5-11-21(13-15)26(23,24)17-7-3-2-4-8-17/h2-4,7-10,12,15H,5-6,11,13H2,1H3,(H,20,22). The molecular formula is C18H21N3O4S. The van der Waals surface area contributed by atoms with Crippen LogP contribution in [0.1, 0.15) is 24.4 Å². The molecule has 0 radical (unpaired) electrons. The van der Waals surface area contributed by atoms with Crippen LogP contribution >= 0.6 is 0 Å². The molecule has 1 unspecified atom stereocenters. The Morgan fingerprint density at radius 1 is 1.27 bits per heavy atom. The molecule has 1 atom stereocenters. The van der Waals surface area contributed by atoms with E-state index in [1.165, 1.54) is 10.5 Å². The van der Waals surface area contributed by atoms with Crippen molar-refractivity contribution in [2.45, 2.75) is 24.7 Å². The lowest BCUT2D eigenvalue weighted by molar-refractivity contribution is -0.126. The van der Waals surface area contributed by atoms with Gasteiger partial charge >= 0.3 is 0 Å². The van der Waals surface area contributed by atoms with Gasteiger partial charge in [0.25, 0.3) is 0 Å². The number of carbonyl (C=O) groups is 1. The Morgan fingerprint density at radius 3 is 2.73 bits per heavy atom. The van der Waals surface area contributed by atoms with Gasteiger partial charge in [-0.15, -0.1) is 0 Å². The minimum atomic E-state index is -3.59. The molecule has 1 aromatic heterocycles. The molecule has 26 heavy (non-hydrogen) atoms. The van der Waals surface area contributed by atoms with Gasteiger partial charge in [-0.1, -0.05) is 18.2 Å². The van der Waals surface area contributed by atoms with E-state index in [9.17, 15) is 13.2 Å². The molecule has 2 heterocycles. The van der Waals surface area contributed by atoms with Crippen molar-refractivity contribution in [2.24, 2.45) is 11.0 Å². The molecule has 138 valence electrons. The smallest absolute Gasteiger partial charge is 0.244 e. The number of nitrogens with zero attached hydrogens (tertiary/aromatic N) is 2. The van der Waals surface area contributed by atoms with Crippen LogP contribution in [0.15, 0.2) is 56.9 Å². The quantitative estimate of drug-likeness (QED) is 0.640. The maximum absolute atomic E-state index is 12.7. The first-order chi connectivity index (χ1) is 12.5. The lowest BCUT2D eigenvalue weighted by atomic mass is 9.99. The number of hydrazone groups is 1. The SMILES string of the molecule is Cc1ccc(C=NNC(=O)C2CCCN(S(=O)(=O)c3ccccc3)C2)o1. The van der Waals surface area contributed by atoms with Crippen molar-refractivity contribution in [3.8, 4) is 0 Å². The molecule has 0 spiro atoms. The third-order valence-electron chi connectivity index (χ3n) is 4.26. The summed E-state index contributed by atoms with van der Waals surface area (Å²) in [6.07, 6.45) is 2.68. The lowest BCUT2D eigenvalue weighted by Crippen LogP contribution is -2.44. The third kappa shape index (κ3) is 4.20. The van der Waals surface area contributed by atoms with Crippen LogP contribution < -0.4 is 5.43 Å². The Labute approximate surface area is 152 Å². The number of carbonyl (C=O) groups excluding carboxylic acids is 1. The number of hydrogen-bond acceptors (Lipinski definition) is 5. The Bertz CT molecular complexity index is 890. The summed E-state index contributed by atoms with van der Waals surface area (Å²) in [5.74, 6) is 0.571. The molecule has 7 nitrogen and oxygen atoms in total. The maximum Gasteiger partial charge on any atom is 0.244 e. The van der Waals surface area contributed by atoms with E-state index in [4.69, 9.17) is 4.42 Å². The Hall–Kier alpha value is -2.45. The monoisotopic (exact) mass is 375 g/mol. The highest BCUT2D eigenvalue weighted by atomic mass is 32.2. The van der Waals surface area contributed by atoms with Crippen LogP contribution in [0.2, 0.25) is 0 Å². The fourth-order valence-corrected chi connectivity index (χ4v) is 4.43. The van der Waals surface area contributed by atoms with Crippen molar-refractivity contribution >= 4 is 22.1 Å². The number of furan rings is 1. The summed E-state index contributed by atoms with van der Waals surface area (Å²) in [5.41, 5.74) is 2.47. The Balaban J connectivity index is 1.62. The lowest BCUT2D eigenvalue weighted by Gasteiger charge is -2.30. The Morgan fingerprint density at radius 2 is 2.04 bits per heavy atom. The molecule has 8 heteroatoms. The van der Waals surface area contributed by atoms with Crippen molar-refractivity contribution in [2.75, 3.05) is 13.1 Å². The second-order valence-electron chi connectivity index (χ2n) is 6.20. The fraction of sp³-hybridized carbons (Fsp3) is 0.333. The molecule has 1 aliphatic rings. The normalized spacial score (nSPS) is 18.9. The molecule has 1 N–H and O–H groups in total. The number of piperidine rings is 1. The predicted molar refractivity (Wildman–Crippen MR) is 97.1 cm³/mol. The molecule has 0 saturated carbocycles. The largest absolute Gasteiger partial charge is 0.460 e. The number of sulfonamides is 1. The average molecular weight is 375 g/mol. The van der Waals surface area contributed by atoms with Gasteiger partial charge in [-0.25, -0.2) is 13.8 Å². The summed E-state index contributed by atoms with van der Waals surface area (Å²) in [4.78, 5) is 12.6. The molecule has 3 rings (SSSR count). The minimum absolute atomic E-state index is 0.151. The molecule has 1 aliphatic heterocycles. The van der Waals surface area contributed by atoms with Crippen molar-refractivity contribution in [1.29, 1.82) is 0 Å². The first-order valence-electron chi connectivity index (χ1n) is 8.41. The summed E-state index contributed by atoms with van der Waals surface area (Å²) in [6, 6.07) is 11.8. The molecule has 1 fully saturated rings. The van der Waals surface area contributed by atoms with Crippen LogP contribution in [0.25, 0.3) is 0 Å². The van der Waals surface area contributed by atoms with Crippen molar-refractivity contribution < 1.29 is 17.6 Å². The zero-order valence-electron chi connectivity index (χ0n) is 14.5. The maximum atomic E-state index is 12.7. The van der Waals surface area contributed by atoms with E-state index in [2.05, 4.69) is 10.5 Å². The van der Waals surface area contributed by atoms with Gasteiger partial charge in [0.05, 0.1) is 17.0 Å². The van der Waals surface area contributed by atoms with Crippen molar-refractivity contribution in [3.63, 3.8) is 0 Å². The molecule has 1 saturated heterocycles. The van der Waals surface area contributed by atoms with Crippen LogP contribution in [0.3, 0.4) is 0 Å². The summed E-state index contributed by atoms with van der Waals surface area (Å²) in [7, 11) is -3.59. The van der Waals surface area contributed by atoms with Gasteiger partial charge in [0, 0.05) is 13.1 Å². The first kappa shape index (κ1) is 18.3. The van der Waals surface area contributed by atoms with E-state index < -0.39 is 15.9 Å². The van der Waals surface area contributed by atoms with Crippen LogP contribution in [-0.4, -0.2) is 37.9 Å². The summed E-state index contributed by atoms with van der Waals surface area (Å²) in [6.45, 7) is 2.38. The highest BCUT2D eigenvalue weighted by molar-refractivity contribution is 7.89. The predicted octanol–water partition coefficient (Wildman–Crippen LogP) is 2.14. The third-order valence-corrected chi connectivity index (χ3v) is 6.14. The van der Waals surface area contributed by atoms with Gasteiger partial charge in [-0.3, -0.25) is 4.79 Å². The van der Waals surface area contributed by atoms with E-state index in [1.807, 2.05) is 6.92 Å². The van der Waals surface area contributed by atoms with Crippen LogP contribution in [0.5, 0.6) is 0 Å². The number of aryl methyl sites for hydroxylation is 1. The molecule has 2 aromatic rings. The number of hydrogen-bond donors (Lipinski definition) is 1. The minimum Gasteiger partial charge on any atom is -0.460 e. The van der Waals surface area contributed by atoms with E-state index >= 15 is 0 Å². The number of rotatable bonds is 5. The van der Waals surface area contributed by atoms with E-state index in [0.717, 1.165) is 5.76 Å². The second-order valence-corrected chi connectivity index (χ2v) is 8.14. The number of nitrogens with one attached hydrogen (secondary N) is 1. The molecular weight excluding hydrogens is 354 g/mol. The molecule has 1 amide bonds. The van der Waals surface area contributed by atoms with E-state index in [-0.39, 0.29) is 17.3 Å². The summed E-state index contributed by atoms with van der Waals surface area (Å²) in [5, 5.41) is 3.89. The second kappa shape index (κ2) is 7.84. The van der Waals surface area contributed by atoms with Crippen LogP contribution in [0, 0.1) is 12.8 Å². The zero-order valence-corrected chi connectivity index (χ0v) is 15.3. The van der Waals surface area contributed by atoms with Crippen LogP contribution in [0.4, 0.5) is 0 Å². The van der Waals surface area contributed by atoms with Gasteiger partial charge in [0.2, 0.25) is 15.9 Å². The molecule has 0 aliphatic carbocycles. The molecule has 1 aromatic carbocycles. The summed E-state index contributed by atoms with van der Waals surface area (Å²) < 4.78 is 32.1. The zero-order chi connectivity index (χ0) is 18.6. The highest BCUT2D eigenvalue weighted by Crippen LogP contribution is 2.23. The average Bonchev–Trinajstić information content (AvgIpc) is 3.07. The molecule has 0 bridgehead atoms. The van der Waals surface area contributed by atoms with E-state index in [1.54, 1.807) is 42.5 Å². The van der Waals surface area contributed by atoms with Gasteiger partial charge in [0.1, 0.15) is 11.5 Å². The van der Waals surface area contributed by atoms with E-state index in [0.29, 0.717) is 25.1 Å². The summed E-state index contributed by atoms with van der Waals surface area (Å²) >= 11 is 0. The van der Waals surface area contributed by atoms with Gasteiger partial charge in [0.15, 0.2) is 0 Å². The first-order valence-corrected chi connectivity index (χ1v) is 9.85. The highest BCUT2D eigenvalue weighted by Gasteiger charge is 2.33. The van der Waals surface area contributed by atoms with Crippen molar-refractivity contribution in [1.82, 2.24) is 9.73 Å².